The number of rotatable bonds is 6. The van der Waals surface area contributed by atoms with E-state index in [1.165, 1.54) is 0 Å². The number of unbranched alkanes of at least 4 members (excludes halogenated alkanes) is 1. The van der Waals surface area contributed by atoms with E-state index in [0.29, 0.717) is 0 Å². The average Bonchev–Trinajstić information content (AvgIpc) is 2.25. The minimum atomic E-state index is -3.60. The third-order valence-corrected chi connectivity index (χ3v) is 3.84. The molecular weight excluding hydrogens is 236 g/mol. The fraction of sp³-hybridized carbons (Fsp3) is 0.538. The molecule has 0 aliphatic rings. The summed E-state index contributed by atoms with van der Waals surface area (Å²) in [5.74, 6) is 0. The van der Waals surface area contributed by atoms with Crippen LogP contribution in [0.25, 0.3) is 0 Å². The Hall–Kier alpha value is -0.870. The quantitative estimate of drug-likeness (QED) is 0.734. The van der Waals surface area contributed by atoms with Crippen molar-refractivity contribution >= 4 is 10.1 Å². The molecule has 4 heteroatoms. The topological polar surface area (TPSA) is 43.4 Å². The van der Waals surface area contributed by atoms with Crippen LogP contribution < -0.4 is 0 Å². The second-order valence-electron chi connectivity index (χ2n) is 4.35. The highest BCUT2D eigenvalue weighted by molar-refractivity contribution is 7.86. The van der Waals surface area contributed by atoms with Gasteiger partial charge in [-0.05, 0) is 44.4 Å². The van der Waals surface area contributed by atoms with Crippen molar-refractivity contribution in [3.63, 3.8) is 0 Å². The molecule has 1 rings (SSSR count). The normalized spacial score (nSPS) is 12.0. The van der Waals surface area contributed by atoms with Crippen molar-refractivity contribution in [2.75, 3.05) is 0 Å². The fourth-order valence-electron chi connectivity index (χ4n) is 1.51. The summed E-state index contributed by atoms with van der Waals surface area (Å²) in [6.07, 6.45) is 2.91. The van der Waals surface area contributed by atoms with Gasteiger partial charge >= 0.3 is 0 Å². The second kappa shape index (κ2) is 6.17. The average molecular weight is 256 g/mol. The third kappa shape index (κ3) is 4.48. The lowest BCUT2D eigenvalue weighted by Gasteiger charge is -2.08. The number of aryl methyl sites for hydroxylation is 1. The highest BCUT2D eigenvalue weighted by Crippen LogP contribution is 2.16. The molecule has 0 radical (unpaired) electrons. The van der Waals surface area contributed by atoms with Gasteiger partial charge in [0.1, 0.15) is 0 Å². The van der Waals surface area contributed by atoms with Crippen LogP contribution in [0.1, 0.15) is 39.2 Å². The molecule has 0 amide bonds. The first-order chi connectivity index (χ1) is 7.95. The van der Waals surface area contributed by atoms with Crippen LogP contribution in [0.5, 0.6) is 0 Å². The Morgan fingerprint density at radius 2 is 1.76 bits per heavy atom. The molecule has 0 saturated heterocycles. The van der Waals surface area contributed by atoms with Crippen molar-refractivity contribution in [3.05, 3.63) is 29.8 Å². The predicted octanol–water partition coefficient (Wildman–Crippen LogP) is 3.14. The molecule has 0 saturated carbocycles. The summed E-state index contributed by atoms with van der Waals surface area (Å²) in [6.45, 7) is 5.54. The second-order valence-corrected chi connectivity index (χ2v) is 5.92. The zero-order chi connectivity index (χ0) is 12.9. The molecule has 0 bridgehead atoms. The van der Waals surface area contributed by atoms with Crippen LogP contribution in [0.15, 0.2) is 29.2 Å². The number of hydrogen-bond acceptors (Lipinski definition) is 3. The van der Waals surface area contributed by atoms with Gasteiger partial charge in [-0.25, -0.2) is 0 Å². The van der Waals surface area contributed by atoms with Crippen molar-refractivity contribution in [2.24, 2.45) is 0 Å². The Morgan fingerprint density at radius 1 is 1.18 bits per heavy atom. The van der Waals surface area contributed by atoms with Gasteiger partial charge in [0.25, 0.3) is 10.1 Å². The Balaban J connectivity index is 2.80. The Bertz CT molecular complexity index is 432. The van der Waals surface area contributed by atoms with E-state index >= 15 is 0 Å². The molecule has 0 spiro atoms. The van der Waals surface area contributed by atoms with Crippen LogP contribution in [0.2, 0.25) is 0 Å². The first kappa shape index (κ1) is 14.2. The van der Waals surface area contributed by atoms with Gasteiger partial charge < -0.3 is 0 Å². The largest absolute Gasteiger partial charge is 0.297 e. The molecular formula is C13H20O3S. The Kier molecular flexibility index (Phi) is 5.15. The van der Waals surface area contributed by atoms with Crippen LogP contribution in [-0.2, 0) is 20.7 Å². The minimum absolute atomic E-state index is 0.228. The molecule has 0 unspecified atom stereocenters. The molecule has 0 heterocycles. The van der Waals surface area contributed by atoms with Gasteiger partial charge in [-0.1, -0.05) is 25.5 Å². The van der Waals surface area contributed by atoms with Crippen molar-refractivity contribution in [1.82, 2.24) is 0 Å². The van der Waals surface area contributed by atoms with Gasteiger partial charge in [0.2, 0.25) is 0 Å². The van der Waals surface area contributed by atoms with E-state index in [1.807, 2.05) is 12.1 Å². The predicted molar refractivity (Wildman–Crippen MR) is 68.5 cm³/mol. The molecule has 3 nitrogen and oxygen atoms in total. The van der Waals surface area contributed by atoms with Gasteiger partial charge in [0.05, 0.1) is 11.0 Å². The molecule has 96 valence electrons. The highest BCUT2D eigenvalue weighted by atomic mass is 32.2. The maximum absolute atomic E-state index is 11.7. The summed E-state index contributed by atoms with van der Waals surface area (Å²) in [4.78, 5) is 0.228. The lowest BCUT2D eigenvalue weighted by atomic mass is 10.1. The minimum Gasteiger partial charge on any atom is -0.264 e. The standard InChI is InChI=1S/C13H20O3S/c1-4-5-6-12-7-9-13(10-8-12)17(14,15)16-11(2)3/h7-11H,4-6H2,1-3H3. The lowest BCUT2D eigenvalue weighted by Crippen LogP contribution is -2.12. The molecule has 1 aromatic carbocycles. The van der Waals surface area contributed by atoms with Crippen LogP contribution in [0.4, 0.5) is 0 Å². The third-order valence-electron chi connectivity index (χ3n) is 2.35. The highest BCUT2D eigenvalue weighted by Gasteiger charge is 2.16. The van der Waals surface area contributed by atoms with E-state index in [0.717, 1.165) is 24.8 Å². The van der Waals surface area contributed by atoms with Gasteiger partial charge in [-0.3, -0.25) is 4.18 Å². The molecule has 17 heavy (non-hydrogen) atoms. The van der Waals surface area contributed by atoms with Crippen molar-refractivity contribution < 1.29 is 12.6 Å². The lowest BCUT2D eigenvalue weighted by molar-refractivity contribution is 0.249. The van der Waals surface area contributed by atoms with E-state index < -0.39 is 10.1 Å². The van der Waals surface area contributed by atoms with E-state index in [-0.39, 0.29) is 11.0 Å². The first-order valence-corrected chi connectivity index (χ1v) is 7.38. The molecule has 1 aromatic rings. The molecule has 0 aliphatic carbocycles. The van der Waals surface area contributed by atoms with Crippen LogP contribution in [-0.4, -0.2) is 14.5 Å². The van der Waals surface area contributed by atoms with Crippen molar-refractivity contribution in [1.29, 1.82) is 0 Å². The first-order valence-electron chi connectivity index (χ1n) is 5.98. The number of benzene rings is 1. The van der Waals surface area contributed by atoms with Gasteiger partial charge in [0, 0.05) is 0 Å². The van der Waals surface area contributed by atoms with Gasteiger partial charge in [-0.15, -0.1) is 0 Å². The maximum Gasteiger partial charge on any atom is 0.297 e. The molecule has 0 aromatic heterocycles. The SMILES string of the molecule is CCCCc1ccc(S(=O)(=O)OC(C)C)cc1. The van der Waals surface area contributed by atoms with Crippen LogP contribution >= 0.6 is 0 Å². The zero-order valence-corrected chi connectivity index (χ0v) is 11.5. The van der Waals surface area contributed by atoms with Gasteiger partial charge in [0.15, 0.2) is 0 Å². The van der Waals surface area contributed by atoms with E-state index in [2.05, 4.69) is 6.92 Å². The number of hydrogen-bond donors (Lipinski definition) is 0. The molecule has 0 N–H and O–H groups in total. The summed E-state index contributed by atoms with van der Waals surface area (Å²) in [5.41, 5.74) is 1.16. The summed E-state index contributed by atoms with van der Waals surface area (Å²) >= 11 is 0. The van der Waals surface area contributed by atoms with E-state index in [1.54, 1.807) is 26.0 Å². The molecule has 0 atom stereocenters. The summed E-state index contributed by atoms with van der Waals surface area (Å²) < 4.78 is 28.4. The maximum atomic E-state index is 11.7. The fourth-order valence-corrected chi connectivity index (χ4v) is 2.60. The van der Waals surface area contributed by atoms with Gasteiger partial charge in [-0.2, -0.15) is 8.42 Å². The summed E-state index contributed by atoms with van der Waals surface area (Å²) in [7, 11) is -3.60. The summed E-state index contributed by atoms with van der Waals surface area (Å²) in [5, 5.41) is 0. The monoisotopic (exact) mass is 256 g/mol. The summed E-state index contributed by atoms with van der Waals surface area (Å²) in [6, 6.07) is 6.93. The van der Waals surface area contributed by atoms with Crippen molar-refractivity contribution in [2.45, 2.75) is 51.0 Å². The zero-order valence-electron chi connectivity index (χ0n) is 10.6. The van der Waals surface area contributed by atoms with Crippen LogP contribution in [0, 0.1) is 0 Å². The Labute approximate surface area is 104 Å². The molecule has 0 fully saturated rings. The Morgan fingerprint density at radius 3 is 2.24 bits per heavy atom. The van der Waals surface area contributed by atoms with E-state index in [9.17, 15) is 8.42 Å². The smallest absolute Gasteiger partial charge is 0.264 e. The van der Waals surface area contributed by atoms with Crippen molar-refractivity contribution in [3.8, 4) is 0 Å². The molecule has 0 aliphatic heterocycles. The van der Waals surface area contributed by atoms with Crippen LogP contribution in [0.3, 0.4) is 0 Å². The van der Waals surface area contributed by atoms with E-state index in [4.69, 9.17) is 4.18 Å².